The van der Waals surface area contributed by atoms with E-state index < -0.39 is 22.0 Å². The van der Waals surface area contributed by atoms with Crippen molar-refractivity contribution in [3.63, 3.8) is 0 Å². The van der Waals surface area contributed by atoms with Crippen LogP contribution in [0, 0.1) is 16.7 Å². The van der Waals surface area contributed by atoms with Gasteiger partial charge in [0.05, 0.1) is 4.88 Å². The van der Waals surface area contributed by atoms with Crippen molar-refractivity contribution in [2.75, 3.05) is 0 Å². The van der Waals surface area contributed by atoms with Gasteiger partial charge in [-0.3, -0.25) is 0 Å². The van der Waals surface area contributed by atoms with Crippen LogP contribution in [0.15, 0.2) is 26.9 Å². The Bertz CT molecular complexity index is 1000. The van der Waals surface area contributed by atoms with Crippen LogP contribution in [-0.2, 0) is 16.2 Å². The minimum absolute atomic E-state index is 0.0361. The van der Waals surface area contributed by atoms with Crippen LogP contribution in [-0.4, -0.2) is 19.6 Å². The predicted octanol–water partition coefficient (Wildman–Crippen LogP) is 4.92. The Hall–Kier alpha value is -1.39. The smallest absolute Gasteiger partial charge is 0.351 e. The monoisotopic (exact) mass is 434 g/mol. The summed E-state index contributed by atoms with van der Waals surface area (Å²) in [7, 11) is -3.80. The molecular formula is C18H21F3N2O3S2. The van der Waals surface area contributed by atoms with Crippen LogP contribution in [0.2, 0.25) is 0 Å². The van der Waals surface area contributed by atoms with Gasteiger partial charge in [0, 0.05) is 12.1 Å². The van der Waals surface area contributed by atoms with Gasteiger partial charge < -0.3 is 4.52 Å². The Kier molecular flexibility index (Phi) is 4.31. The van der Waals surface area contributed by atoms with Gasteiger partial charge in [0.1, 0.15) is 9.90 Å². The minimum Gasteiger partial charge on any atom is -0.351 e. The maximum atomic E-state index is 13.0. The zero-order valence-corrected chi connectivity index (χ0v) is 17.3. The number of aromatic nitrogens is 1. The molecule has 0 radical (unpaired) electrons. The molecule has 2 aromatic heterocycles. The van der Waals surface area contributed by atoms with Crippen molar-refractivity contribution in [3.8, 4) is 10.6 Å². The van der Waals surface area contributed by atoms with Crippen LogP contribution in [0.3, 0.4) is 0 Å². The summed E-state index contributed by atoms with van der Waals surface area (Å²) < 4.78 is 71.3. The molecular weight excluding hydrogens is 413 g/mol. The second kappa shape index (κ2) is 6.06. The molecule has 2 aliphatic rings. The average Bonchev–Trinajstić information content (AvgIpc) is 3.31. The van der Waals surface area contributed by atoms with Crippen molar-refractivity contribution in [3.05, 3.63) is 24.0 Å². The van der Waals surface area contributed by atoms with Crippen LogP contribution >= 0.6 is 11.3 Å². The van der Waals surface area contributed by atoms with E-state index in [2.05, 4.69) is 35.2 Å². The number of thiophene rings is 1. The molecule has 3 atom stereocenters. The normalized spacial score (nSPS) is 29.5. The molecule has 154 valence electrons. The number of fused-ring (bicyclic) bond motifs is 2. The van der Waals surface area contributed by atoms with Crippen LogP contribution in [0.25, 0.3) is 10.6 Å². The fourth-order valence-electron chi connectivity index (χ4n) is 4.94. The molecule has 0 aromatic carbocycles. The number of nitrogens with one attached hydrogen (secondary N) is 1. The fourth-order valence-corrected chi connectivity index (χ4v) is 7.74. The van der Waals surface area contributed by atoms with Gasteiger partial charge in [-0.25, -0.2) is 13.1 Å². The Morgan fingerprint density at radius 2 is 2.00 bits per heavy atom. The third kappa shape index (κ3) is 3.09. The molecule has 10 heteroatoms. The molecule has 2 bridgehead atoms. The Morgan fingerprint density at radius 3 is 2.57 bits per heavy atom. The Labute approximate surface area is 165 Å². The quantitative estimate of drug-likeness (QED) is 0.742. The molecule has 4 rings (SSSR count). The lowest BCUT2D eigenvalue weighted by atomic mass is 9.69. The van der Waals surface area contributed by atoms with E-state index in [1.807, 2.05) is 0 Å². The van der Waals surface area contributed by atoms with Crippen LogP contribution in [0.1, 0.15) is 45.8 Å². The number of alkyl halides is 3. The van der Waals surface area contributed by atoms with Gasteiger partial charge >= 0.3 is 6.18 Å². The van der Waals surface area contributed by atoms with E-state index in [0.717, 1.165) is 36.7 Å². The zero-order chi connectivity index (χ0) is 20.5. The topological polar surface area (TPSA) is 72.2 Å². The maximum Gasteiger partial charge on any atom is 0.452 e. The van der Waals surface area contributed by atoms with E-state index in [1.165, 1.54) is 12.1 Å². The first-order valence-corrected chi connectivity index (χ1v) is 11.3. The first kappa shape index (κ1) is 19.9. The molecule has 2 aliphatic carbocycles. The highest BCUT2D eigenvalue weighted by molar-refractivity contribution is 7.91. The van der Waals surface area contributed by atoms with E-state index in [-0.39, 0.29) is 26.8 Å². The Morgan fingerprint density at radius 1 is 1.29 bits per heavy atom. The van der Waals surface area contributed by atoms with Crippen molar-refractivity contribution in [2.45, 2.75) is 56.5 Å². The van der Waals surface area contributed by atoms with Crippen molar-refractivity contribution < 1.29 is 26.1 Å². The van der Waals surface area contributed by atoms with Gasteiger partial charge in [-0.2, -0.15) is 13.2 Å². The largest absolute Gasteiger partial charge is 0.452 e. The van der Waals surface area contributed by atoms with E-state index in [9.17, 15) is 21.6 Å². The summed E-state index contributed by atoms with van der Waals surface area (Å²) in [6, 6.07) is 3.44. The van der Waals surface area contributed by atoms with Gasteiger partial charge in [-0.15, -0.1) is 11.3 Å². The molecule has 0 spiro atoms. The van der Waals surface area contributed by atoms with Crippen LogP contribution in [0.5, 0.6) is 0 Å². The lowest BCUT2D eigenvalue weighted by Gasteiger charge is -2.42. The molecule has 0 saturated heterocycles. The number of hydrogen-bond acceptors (Lipinski definition) is 5. The summed E-state index contributed by atoms with van der Waals surface area (Å²) >= 11 is 0.879. The Balaban J connectivity index is 1.59. The SMILES string of the molecule is CC1(C)C2CC[C@@](C)(C2)C1NS(=O)(=O)c1ccc(-c2cc(C(F)(F)F)on2)s1. The first-order valence-electron chi connectivity index (χ1n) is 8.99. The molecule has 5 nitrogen and oxygen atoms in total. The third-order valence-electron chi connectivity index (χ3n) is 6.43. The summed E-state index contributed by atoms with van der Waals surface area (Å²) in [5, 5.41) is 3.42. The highest BCUT2D eigenvalue weighted by Gasteiger charge is 2.60. The number of nitrogens with zero attached hydrogens (tertiary/aromatic N) is 1. The summed E-state index contributed by atoms with van der Waals surface area (Å²) in [6.07, 6.45) is -1.54. The van der Waals surface area contributed by atoms with Crippen molar-refractivity contribution >= 4 is 21.4 Å². The van der Waals surface area contributed by atoms with E-state index in [4.69, 9.17) is 0 Å². The highest BCUT2D eigenvalue weighted by Crippen LogP contribution is 2.62. The second-order valence-corrected chi connectivity index (χ2v) is 11.7. The summed E-state index contributed by atoms with van der Waals surface area (Å²) in [6.45, 7) is 6.33. The molecule has 0 aliphatic heterocycles. The summed E-state index contributed by atoms with van der Waals surface area (Å²) in [4.78, 5) is 0.304. The highest BCUT2D eigenvalue weighted by atomic mass is 32.2. The van der Waals surface area contributed by atoms with E-state index in [0.29, 0.717) is 10.8 Å². The van der Waals surface area contributed by atoms with Crippen molar-refractivity contribution in [1.82, 2.24) is 9.88 Å². The molecule has 2 fully saturated rings. The van der Waals surface area contributed by atoms with Gasteiger partial charge in [-0.1, -0.05) is 25.9 Å². The number of rotatable bonds is 4. The number of halogens is 3. The van der Waals surface area contributed by atoms with Crippen molar-refractivity contribution in [1.29, 1.82) is 0 Å². The van der Waals surface area contributed by atoms with Gasteiger partial charge in [0.25, 0.3) is 0 Å². The molecule has 2 aromatic rings. The predicted molar refractivity (Wildman–Crippen MR) is 98.2 cm³/mol. The second-order valence-electron chi connectivity index (χ2n) is 8.66. The average molecular weight is 435 g/mol. The number of sulfonamides is 1. The standard InChI is InChI=1S/C18H21F3N2O3S2/c1-16(2)10-6-7-17(3,9-10)15(16)23-28(24,25)14-5-4-12(27-14)11-8-13(26-22-11)18(19,20)21/h4-5,8,10,15,23H,6-7,9H2,1-3H3/t10?,15?,17-/m0/s1. The lowest BCUT2D eigenvalue weighted by molar-refractivity contribution is -0.155. The van der Waals surface area contributed by atoms with E-state index >= 15 is 0 Å². The van der Waals surface area contributed by atoms with Crippen LogP contribution < -0.4 is 4.72 Å². The molecule has 0 amide bonds. The van der Waals surface area contributed by atoms with Gasteiger partial charge in [0.2, 0.25) is 15.8 Å². The molecule has 2 unspecified atom stereocenters. The molecule has 2 saturated carbocycles. The lowest BCUT2D eigenvalue weighted by Crippen LogP contribution is -2.52. The minimum atomic E-state index is -4.64. The van der Waals surface area contributed by atoms with Crippen LogP contribution in [0.4, 0.5) is 13.2 Å². The summed E-state index contributed by atoms with van der Waals surface area (Å²) in [5.74, 6) is -0.727. The number of hydrogen-bond donors (Lipinski definition) is 1. The first-order chi connectivity index (χ1) is 12.8. The van der Waals surface area contributed by atoms with Crippen molar-refractivity contribution in [2.24, 2.45) is 16.7 Å². The van der Waals surface area contributed by atoms with Gasteiger partial charge in [-0.05, 0) is 48.1 Å². The van der Waals surface area contributed by atoms with Gasteiger partial charge in [0.15, 0.2) is 0 Å². The molecule has 2 heterocycles. The molecule has 1 N–H and O–H groups in total. The zero-order valence-electron chi connectivity index (χ0n) is 15.6. The van der Waals surface area contributed by atoms with E-state index in [1.54, 1.807) is 0 Å². The molecule has 28 heavy (non-hydrogen) atoms. The maximum absolute atomic E-state index is 13.0. The third-order valence-corrected chi connectivity index (χ3v) is 9.45. The summed E-state index contributed by atoms with van der Waals surface area (Å²) in [5.41, 5.74) is -0.255. The fraction of sp³-hybridized carbons (Fsp3) is 0.611.